The molecule has 2 N–H and O–H groups in total. The lowest BCUT2D eigenvalue weighted by Gasteiger charge is -1.97. The minimum absolute atomic E-state index is 0.623. The molecule has 0 spiro atoms. The summed E-state index contributed by atoms with van der Waals surface area (Å²) in [5.74, 6) is 0. The van der Waals surface area contributed by atoms with E-state index in [4.69, 9.17) is 17.3 Å². The zero-order chi connectivity index (χ0) is 9.14. The molecule has 1 aromatic rings. The van der Waals surface area contributed by atoms with Gasteiger partial charge in [0.2, 0.25) is 0 Å². The van der Waals surface area contributed by atoms with Crippen LogP contribution in [-0.4, -0.2) is 16.3 Å². The van der Waals surface area contributed by atoms with Gasteiger partial charge >= 0.3 is 0 Å². The first-order valence-corrected chi connectivity index (χ1v) is 4.48. The summed E-state index contributed by atoms with van der Waals surface area (Å²) >= 11 is 6.02. The van der Waals surface area contributed by atoms with Gasteiger partial charge in [-0.15, -0.1) is 0 Å². The van der Waals surface area contributed by atoms with Gasteiger partial charge in [0, 0.05) is 12.6 Å². The zero-order valence-electron chi connectivity index (χ0n) is 7.47. The van der Waals surface area contributed by atoms with Crippen LogP contribution in [0.25, 0.3) is 0 Å². The molecule has 0 saturated heterocycles. The fourth-order valence-electron chi connectivity index (χ4n) is 1.28. The molecule has 0 atom stereocenters. The van der Waals surface area contributed by atoms with Gasteiger partial charge in [-0.2, -0.15) is 5.10 Å². The van der Waals surface area contributed by atoms with E-state index in [0.717, 1.165) is 29.3 Å². The predicted octanol–water partition coefficient (Wildman–Crippen LogP) is 1.14. The molecule has 0 aliphatic heterocycles. The van der Waals surface area contributed by atoms with Crippen molar-refractivity contribution in [1.82, 2.24) is 9.78 Å². The standard InChI is InChI=1S/C8H14ClN3/c1-3-7-6(4-5-10)8(9)12(2)11-7/h3-5,10H2,1-2H3. The first-order chi connectivity index (χ1) is 5.70. The predicted molar refractivity (Wildman–Crippen MR) is 50.4 cm³/mol. The summed E-state index contributed by atoms with van der Waals surface area (Å²) in [5, 5.41) is 5.00. The smallest absolute Gasteiger partial charge is 0.130 e. The lowest BCUT2D eigenvalue weighted by Crippen LogP contribution is -2.04. The van der Waals surface area contributed by atoms with E-state index in [1.807, 2.05) is 7.05 Å². The van der Waals surface area contributed by atoms with Crippen molar-refractivity contribution in [3.63, 3.8) is 0 Å². The monoisotopic (exact) mass is 187 g/mol. The van der Waals surface area contributed by atoms with Crippen LogP contribution in [0.2, 0.25) is 5.15 Å². The maximum atomic E-state index is 6.02. The Hall–Kier alpha value is -0.540. The van der Waals surface area contributed by atoms with Gasteiger partial charge in [0.15, 0.2) is 0 Å². The van der Waals surface area contributed by atoms with Gasteiger partial charge in [-0.3, -0.25) is 4.68 Å². The first-order valence-electron chi connectivity index (χ1n) is 4.11. The summed E-state index contributed by atoms with van der Waals surface area (Å²) < 4.78 is 1.70. The van der Waals surface area contributed by atoms with Crippen molar-refractivity contribution in [2.45, 2.75) is 19.8 Å². The Morgan fingerprint density at radius 1 is 1.58 bits per heavy atom. The average Bonchev–Trinajstić information content (AvgIpc) is 2.33. The highest BCUT2D eigenvalue weighted by Crippen LogP contribution is 2.19. The fraction of sp³-hybridized carbons (Fsp3) is 0.625. The number of hydrogen-bond donors (Lipinski definition) is 1. The van der Waals surface area contributed by atoms with E-state index >= 15 is 0 Å². The molecule has 0 saturated carbocycles. The van der Waals surface area contributed by atoms with Crippen molar-refractivity contribution in [1.29, 1.82) is 0 Å². The lowest BCUT2D eigenvalue weighted by atomic mass is 10.1. The molecular formula is C8H14ClN3. The zero-order valence-corrected chi connectivity index (χ0v) is 8.23. The molecular weight excluding hydrogens is 174 g/mol. The summed E-state index contributed by atoms with van der Waals surface area (Å²) in [6.45, 7) is 2.69. The highest BCUT2D eigenvalue weighted by Gasteiger charge is 2.11. The van der Waals surface area contributed by atoms with Gasteiger partial charge in [0.25, 0.3) is 0 Å². The number of aryl methyl sites for hydroxylation is 2. The summed E-state index contributed by atoms with van der Waals surface area (Å²) in [6.07, 6.45) is 1.73. The van der Waals surface area contributed by atoms with Gasteiger partial charge < -0.3 is 5.73 Å². The van der Waals surface area contributed by atoms with E-state index in [0.29, 0.717) is 6.54 Å². The van der Waals surface area contributed by atoms with E-state index in [1.165, 1.54) is 0 Å². The molecule has 12 heavy (non-hydrogen) atoms. The molecule has 0 aromatic carbocycles. The Balaban J connectivity index is 3.03. The molecule has 0 amide bonds. The maximum Gasteiger partial charge on any atom is 0.130 e. The van der Waals surface area contributed by atoms with Crippen LogP contribution in [0.1, 0.15) is 18.2 Å². The van der Waals surface area contributed by atoms with Crippen LogP contribution in [0.3, 0.4) is 0 Å². The number of nitrogens with zero attached hydrogens (tertiary/aromatic N) is 2. The quantitative estimate of drug-likeness (QED) is 0.771. The molecule has 1 rings (SSSR count). The minimum atomic E-state index is 0.623. The van der Waals surface area contributed by atoms with Crippen molar-refractivity contribution < 1.29 is 0 Å². The minimum Gasteiger partial charge on any atom is -0.330 e. The number of rotatable bonds is 3. The second-order valence-electron chi connectivity index (χ2n) is 2.73. The van der Waals surface area contributed by atoms with Crippen molar-refractivity contribution >= 4 is 11.6 Å². The van der Waals surface area contributed by atoms with Crippen LogP contribution in [-0.2, 0) is 19.9 Å². The van der Waals surface area contributed by atoms with Gasteiger partial charge in [0.05, 0.1) is 5.69 Å². The third-order valence-corrected chi connectivity index (χ3v) is 2.35. The van der Waals surface area contributed by atoms with Crippen molar-refractivity contribution in [2.24, 2.45) is 12.8 Å². The maximum absolute atomic E-state index is 6.02. The van der Waals surface area contributed by atoms with Gasteiger partial charge in [-0.25, -0.2) is 0 Å². The highest BCUT2D eigenvalue weighted by atomic mass is 35.5. The topological polar surface area (TPSA) is 43.8 Å². The summed E-state index contributed by atoms with van der Waals surface area (Å²) in [5.41, 5.74) is 7.63. The molecule has 0 unspecified atom stereocenters. The third kappa shape index (κ3) is 1.62. The van der Waals surface area contributed by atoms with E-state index in [2.05, 4.69) is 12.0 Å². The number of aromatic nitrogens is 2. The number of halogens is 1. The molecule has 3 nitrogen and oxygen atoms in total. The van der Waals surface area contributed by atoms with Crippen LogP contribution in [0, 0.1) is 0 Å². The Bertz CT molecular complexity index is 268. The summed E-state index contributed by atoms with van der Waals surface area (Å²) in [6, 6.07) is 0. The fourth-order valence-corrected chi connectivity index (χ4v) is 1.52. The molecule has 0 aliphatic rings. The van der Waals surface area contributed by atoms with Gasteiger partial charge in [-0.05, 0) is 19.4 Å². The van der Waals surface area contributed by atoms with Crippen molar-refractivity contribution in [2.75, 3.05) is 6.54 Å². The van der Waals surface area contributed by atoms with Crippen LogP contribution in [0.15, 0.2) is 0 Å². The number of nitrogens with two attached hydrogens (primary N) is 1. The number of hydrogen-bond acceptors (Lipinski definition) is 2. The molecule has 0 bridgehead atoms. The normalized spacial score (nSPS) is 10.7. The third-order valence-electron chi connectivity index (χ3n) is 1.88. The molecule has 68 valence electrons. The lowest BCUT2D eigenvalue weighted by molar-refractivity contribution is 0.747. The van der Waals surface area contributed by atoms with Gasteiger partial charge in [0.1, 0.15) is 5.15 Å². The van der Waals surface area contributed by atoms with Gasteiger partial charge in [-0.1, -0.05) is 18.5 Å². The van der Waals surface area contributed by atoms with E-state index in [1.54, 1.807) is 4.68 Å². The first kappa shape index (κ1) is 9.55. The Morgan fingerprint density at radius 2 is 2.25 bits per heavy atom. The molecule has 1 heterocycles. The largest absolute Gasteiger partial charge is 0.330 e. The van der Waals surface area contributed by atoms with Crippen LogP contribution >= 0.6 is 11.6 Å². The Morgan fingerprint density at radius 3 is 2.75 bits per heavy atom. The molecule has 0 aliphatic carbocycles. The average molecular weight is 188 g/mol. The van der Waals surface area contributed by atoms with Crippen molar-refractivity contribution in [3.8, 4) is 0 Å². The summed E-state index contributed by atoms with van der Waals surface area (Å²) in [4.78, 5) is 0. The second-order valence-corrected chi connectivity index (χ2v) is 3.09. The Labute approximate surface area is 77.5 Å². The van der Waals surface area contributed by atoms with E-state index < -0.39 is 0 Å². The molecule has 0 fully saturated rings. The second kappa shape index (κ2) is 3.92. The highest BCUT2D eigenvalue weighted by molar-refractivity contribution is 6.30. The van der Waals surface area contributed by atoms with Crippen LogP contribution in [0.5, 0.6) is 0 Å². The summed E-state index contributed by atoms with van der Waals surface area (Å²) in [7, 11) is 1.85. The Kier molecular flexibility index (Phi) is 3.12. The van der Waals surface area contributed by atoms with E-state index in [9.17, 15) is 0 Å². The molecule has 1 aromatic heterocycles. The van der Waals surface area contributed by atoms with Crippen LogP contribution < -0.4 is 5.73 Å². The molecule has 0 radical (unpaired) electrons. The SMILES string of the molecule is CCc1nn(C)c(Cl)c1CCN. The van der Waals surface area contributed by atoms with Crippen molar-refractivity contribution in [3.05, 3.63) is 16.4 Å². The van der Waals surface area contributed by atoms with E-state index in [-0.39, 0.29) is 0 Å². The van der Waals surface area contributed by atoms with Crippen LogP contribution in [0.4, 0.5) is 0 Å². The molecule has 4 heteroatoms.